The molecule has 0 atom stereocenters. The Morgan fingerprint density at radius 1 is 1.03 bits per heavy atom. The molecule has 0 saturated carbocycles. The summed E-state index contributed by atoms with van der Waals surface area (Å²) in [4.78, 5) is 19.3. The van der Waals surface area contributed by atoms with E-state index in [4.69, 9.17) is 5.11 Å². The normalized spacial score (nSPS) is 11.0. The van der Waals surface area contributed by atoms with Crippen LogP contribution in [-0.2, 0) is 4.79 Å². The highest BCUT2D eigenvalue weighted by Crippen LogP contribution is 2.28. The molecule has 1 heterocycles. The zero-order chi connectivity index (χ0) is 20.9. The maximum atomic E-state index is 12.4. The predicted molar refractivity (Wildman–Crippen MR) is 100 cm³/mol. The Bertz CT molecular complexity index is 997. The average Bonchev–Trinajstić information content (AvgIpc) is 2.66. The molecule has 150 valence electrons. The maximum absolute atomic E-state index is 12.4. The maximum Gasteiger partial charge on any atom is 0.573 e. The molecule has 0 unspecified atom stereocenters. The molecule has 0 saturated heterocycles. The SMILES string of the molecule is O=C(O)CNc1nc(Nc2cccc(OC(F)(F)F)c2)cc(-c2ccccc2)n1. The molecule has 2 aromatic carbocycles. The van der Waals surface area contributed by atoms with Gasteiger partial charge in [-0.3, -0.25) is 4.79 Å². The van der Waals surface area contributed by atoms with Crippen LogP contribution in [0.25, 0.3) is 11.3 Å². The second-order valence-electron chi connectivity index (χ2n) is 5.78. The Hall–Kier alpha value is -3.82. The fourth-order valence-corrected chi connectivity index (χ4v) is 2.42. The molecule has 0 amide bonds. The van der Waals surface area contributed by atoms with Crippen molar-refractivity contribution in [3.8, 4) is 17.0 Å². The molecule has 29 heavy (non-hydrogen) atoms. The average molecular weight is 404 g/mol. The second-order valence-corrected chi connectivity index (χ2v) is 5.78. The number of carbonyl (C=O) groups is 1. The number of hydrogen-bond acceptors (Lipinski definition) is 6. The van der Waals surface area contributed by atoms with Gasteiger partial charge < -0.3 is 20.5 Å². The number of ether oxygens (including phenoxy) is 1. The van der Waals surface area contributed by atoms with Gasteiger partial charge in [-0.1, -0.05) is 36.4 Å². The van der Waals surface area contributed by atoms with Gasteiger partial charge >= 0.3 is 12.3 Å². The zero-order valence-corrected chi connectivity index (χ0v) is 14.8. The first-order valence-electron chi connectivity index (χ1n) is 8.31. The number of anilines is 3. The Morgan fingerprint density at radius 2 is 1.79 bits per heavy atom. The number of alkyl halides is 3. The van der Waals surface area contributed by atoms with E-state index >= 15 is 0 Å². The van der Waals surface area contributed by atoms with Crippen LogP contribution in [0.15, 0.2) is 60.7 Å². The van der Waals surface area contributed by atoms with Crippen LogP contribution in [0.5, 0.6) is 5.75 Å². The van der Waals surface area contributed by atoms with Crippen molar-refractivity contribution >= 4 is 23.4 Å². The lowest BCUT2D eigenvalue weighted by Gasteiger charge is -2.13. The van der Waals surface area contributed by atoms with E-state index in [2.05, 4.69) is 25.3 Å². The number of carboxylic acids is 1. The standard InChI is InChI=1S/C19H15F3N4O3/c20-19(21,22)29-14-8-4-7-13(9-14)24-16-10-15(12-5-2-1-3-6-12)25-18(26-16)23-11-17(27)28/h1-10H,11H2,(H,27,28)(H2,23,24,25,26). The third-order valence-electron chi connectivity index (χ3n) is 3.53. The number of rotatable bonds is 7. The van der Waals surface area contributed by atoms with Crippen LogP contribution in [0, 0.1) is 0 Å². The molecule has 1 aromatic heterocycles. The van der Waals surface area contributed by atoms with Gasteiger partial charge in [-0.15, -0.1) is 13.2 Å². The van der Waals surface area contributed by atoms with Gasteiger partial charge in [0.05, 0.1) is 5.69 Å². The summed E-state index contributed by atoms with van der Waals surface area (Å²) in [7, 11) is 0. The van der Waals surface area contributed by atoms with Crippen molar-refractivity contribution < 1.29 is 27.8 Å². The Balaban J connectivity index is 1.90. The number of nitrogens with one attached hydrogen (secondary N) is 2. The van der Waals surface area contributed by atoms with Gasteiger partial charge in [0.25, 0.3) is 0 Å². The van der Waals surface area contributed by atoms with Gasteiger partial charge in [0.15, 0.2) is 0 Å². The summed E-state index contributed by atoms with van der Waals surface area (Å²) in [6.45, 7) is -0.396. The van der Waals surface area contributed by atoms with E-state index in [1.54, 1.807) is 6.07 Å². The number of benzene rings is 2. The quantitative estimate of drug-likeness (QED) is 0.541. The molecule has 10 heteroatoms. The zero-order valence-electron chi connectivity index (χ0n) is 14.8. The molecule has 3 rings (SSSR count). The van der Waals surface area contributed by atoms with E-state index in [0.29, 0.717) is 11.4 Å². The van der Waals surface area contributed by atoms with E-state index in [-0.39, 0.29) is 17.5 Å². The third-order valence-corrected chi connectivity index (χ3v) is 3.53. The molecule has 0 aliphatic rings. The molecule has 0 bridgehead atoms. The van der Waals surface area contributed by atoms with E-state index < -0.39 is 18.9 Å². The fraction of sp³-hybridized carbons (Fsp3) is 0.105. The number of aliphatic carboxylic acids is 1. The number of aromatic nitrogens is 2. The first kappa shape index (κ1) is 19.9. The minimum absolute atomic E-state index is 0.0546. The first-order valence-corrected chi connectivity index (χ1v) is 8.31. The molecule has 7 nitrogen and oxygen atoms in total. The molecular weight excluding hydrogens is 389 g/mol. The second kappa shape index (κ2) is 8.46. The van der Waals surface area contributed by atoms with E-state index in [9.17, 15) is 18.0 Å². The number of carboxylic acid groups (broad SMARTS) is 1. The first-order chi connectivity index (χ1) is 13.8. The van der Waals surface area contributed by atoms with Crippen molar-refractivity contribution in [1.29, 1.82) is 0 Å². The highest BCUT2D eigenvalue weighted by molar-refractivity contribution is 5.73. The third kappa shape index (κ3) is 6.09. The summed E-state index contributed by atoms with van der Waals surface area (Å²) in [5.41, 5.74) is 1.55. The molecule has 0 aliphatic heterocycles. The molecule has 0 aliphatic carbocycles. The molecule has 3 N–H and O–H groups in total. The summed E-state index contributed by atoms with van der Waals surface area (Å²) in [5, 5.41) is 14.3. The molecular formula is C19H15F3N4O3. The minimum Gasteiger partial charge on any atom is -0.480 e. The van der Waals surface area contributed by atoms with Crippen molar-refractivity contribution in [3.63, 3.8) is 0 Å². The Morgan fingerprint density at radius 3 is 2.48 bits per heavy atom. The number of halogens is 3. The lowest BCUT2D eigenvalue weighted by molar-refractivity contribution is -0.274. The summed E-state index contributed by atoms with van der Waals surface area (Å²) in [6, 6.07) is 16.0. The van der Waals surface area contributed by atoms with Crippen LogP contribution >= 0.6 is 0 Å². The van der Waals surface area contributed by atoms with E-state index in [1.807, 2.05) is 30.3 Å². The highest BCUT2D eigenvalue weighted by atomic mass is 19.4. The van der Waals surface area contributed by atoms with Crippen LogP contribution in [0.1, 0.15) is 0 Å². The predicted octanol–water partition coefficient (Wildman–Crippen LogP) is 4.28. The molecule has 0 spiro atoms. The van der Waals surface area contributed by atoms with Gasteiger partial charge in [-0.05, 0) is 12.1 Å². The van der Waals surface area contributed by atoms with Crippen molar-refractivity contribution in [2.24, 2.45) is 0 Å². The van der Waals surface area contributed by atoms with Crippen LogP contribution in [0.3, 0.4) is 0 Å². The smallest absolute Gasteiger partial charge is 0.480 e. The van der Waals surface area contributed by atoms with Gasteiger partial charge in [0, 0.05) is 23.4 Å². The van der Waals surface area contributed by atoms with E-state index in [1.165, 1.54) is 24.3 Å². The highest BCUT2D eigenvalue weighted by Gasteiger charge is 2.31. The summed E-state index contributed by atoms with van der Waals surface area (Å²) in [6.07, 6.45) is -4.80. The Kier molecular flexibility index (Phi) is 5.82. The number of hydrogen-bond donors (Lipinski definition) is 3. The monoisotopic (exact) mass is 404 g/mol. The van der Waals surface area contributed by atoms with Gasteiger partial charge in [-0.25, -0.2) is 4.98 Å². The van der Waals surface area contributed by atoms with Gasteiger partial charge in [-0.2, -0.15) is 4.98 Å². The van der Waals surface area contributed by atoms with Gasteiger partial charge in [0.2, 0.25) is 5.95 Å². The van der Waals surface area contributed by atoms with Crippen LogP contribution in [-0.4, -0.2) is 34.0 Å². The summed E-state index contributed by atoms with van der Waals surface area (Å²) >= 11 is 0. The van der Waals surface area contributed by atoms with Crippen molar-refractivity contribution in [3.05, 3.63) is 60.7 Å². The molecule has 0 radical (unpaired) electrons. The van der Waals surface area contributed by atoms with Crippen LogP contribution in [0.4, 0.5) is 30.6 Å². The minimum atomic E-state index is -4.80. The lowest BCUT2D eigenvalue weighted by Crippen LogP contribution is -2.17. The number of nitrogens with zero attached hydrogens (tertiary/aromatic N) is 2. The van der Waals surface area contributed by atoms with Crippen molar-refractivity contribution in [1.82, 2.24) is 9.97 Å². The topological polar surface area (TPSA) is 96.4 Å². The fourth-order valence-electron chi connectivity index (χ4n) is 2.42. The van der Waals surface area contributed by atoms with Crippen molar-refractivity contribution in [2.75, 3.05) is 17.2 Å². The lowest BCUT2D eigenvalue weighted by atomic mass is 10.1. The largest absolute Gasteiger partial charge is 0.573 e. The summed E-state index contributed by atoms with van der Waals surface area (Å²) < 4.78 is 41.2. The van der Waals surface area contributed by atoms with Crippen LogP contribution < -0.4 is 15.4 Å². The molecule has 3 aromatic rings. The molecule has 0 fully saturated rings. The van der Waals surface area contributed by atoms with Crippen LogP contribution in [0.2, 0.25) is 0 Å². The summed E-state index contributed by atoms with van der Waals surface area (Å²) in [5.74, 6) is -1.16. The van der Waals surface area contributed by atoms with E-state index in [0.717, 1.165) is 5.56 Å². The Labute approximate surface area is 163 Å². The van der Waals surface area contributed by atoms with Crippen molar-refractivity contribution in [2.45, 2.75) is 6.36 Å². The van der Waals surface area contributed by atoms with Gasteiger partial charge in [0.1, 0.15) is 18.1 Å².